The zero-order valence-corrected chi connectivity index (χ0v) is 13.3. The van der Waals surface area contributed by atoms with Crippen LogP contribution in [0.4, 0.5) is 5.82 Å². The van der Waals surface area contributed by atoms with E-state index >= 15 is 0 Å². The average molecular weight is 330 g/mol. The molecule has 106 valence electrons. The van der Waals surface area contributed by atoms with Crippen molar-refractivity contribution in [1.82, 2.24) is 9.88 Å². The van der Waals surface area contributed by atoms with E-state index in [4.69, 9.17) is 23.2 Å². The molecule has 2 aromatic heterocycles. The van der Waals surface area contributed by atoms with Gasteiger partial charge in [-0.05, 0) is 37.2 Å². The lowest BCUT2D eigenvalue weighted by atomic mass is 10.3. The highest BCUT2D eigenvalue weighted by molar-refractivity contribution is 7.13. The molecule has 0 aliphatic carbocycles. The van der Waals surface area contributed by atoms with Gasteiger partial charge < -0.3 is 10.2 Å². The van der Waals surface area contributed by atoms with Gasteiger partial charge in [0.25, 0.3) is 5.91 Å². The van der Waals surface area contributed by atoms with Crippen LogP contribution in [0.25, 0.3) is 0 Å². The topological polar surface area (TPSA) is 45.2 Å². The van der Waals surface area contributed by atoms with Gasteiger partial charge in [-0.25, -0.2) is 4.98 Å². The fraction of sp³-hybridized carbons (Fsp3) is 0.231. The van der Waals surface area contributed by atoms with E-state index in [2.05, 4.69) is 10.3 Å². The second kappa shape index (κ2) is 6.54. The molecule has 0 saturated carbocycles. The van der Waals surface area contributed by atoms with Gasteiger partial charge in [-0.15, -0.1) is 11.3 Å². The van der Waals surface area contributed by atoms with Gasteiger partial charge in [-0.1, -0.05) is 23.2 Å². The predicted octanol–water partition coefficient (Wildman–Crippen LogP) is 3.76. The summed E-state index contributed by atoms with van der Waals surface area (Å²) in [5.74, 6) is 0.179. The SMILES string of the molecule is CN(C)Cc1csc(C(=O)Nc2ccc(Cl)cn2)c1Cl. The lowest BCUT2D eigenvalue weighted by Gasteiger charge is -2.08. The maximum atomic E-state index is 12.1. The van der Waals surface area contributed by atoms with E-state index in [-0.39, 0.29) is 5.91 Å². The molecule has 0 bridgehead atoms. The quantitative estimate of drug-likeness (QED) is 0.928. The lowest BCUT2D eigenvalue weighted by molar-refractivity contribution is 0.103. The van der Waals surface area contributed by atoms with E-state index in [0.29, 0.717) is 27.3 Å². The van der Waals surface area contributed by atoms with Crippen LogP contribution in [0.3, 0.4) is 0 Å². The van der Waals surface area contributed by atoms with E-state index in [1.54, 1.807) is 12.1 Å². The number of hydrogen-bond donors (Lipinski definition) is 1. The fourth-order valence-electron chi connectivity index (χ4n) is 1.60. The van der Waals surface area contributed by atoms with Crippen molar-refractivity contribution in [2.45, 2.75) is 6.54 Å². The number of nitrogens with zero attached hydrogens (tertiary/aromatic N) is 2. The summed E-state index contributed by atoms with van der Waals surface area (Å²) in [5.41, 5.74) is 0.941. The lowest BCUT2D eigenvalue weighted by Crippen LogP contribution is -2.13. The summed E-state index contributed by atoms with van der Waals surface area (Å²) >= 11 is 13.3. The Labute approximate surface area is 131 Å². The number of thiophene rings is 1. The van der Waals surface area contributed by atoms with Gasteiger partial charge in [0.1, 0.15) is 10.7 Å². The predicted molar refractivity (Wildman–Crippen MR) is 83.9 cm³/mol. The first kappa shape index (κ1) is 15.3. The molecule has 20 heavy (non-hydrogen) atoms. The molecule has 0 unspecified atom stereocenters. The number of rotatable bonds is 4. The Morgan fingerprint density at radius 3 is 2.75 bits per heavy atom. The van der Waals surface area contributed by atoms with Gasteiger partial charge in [0.15, 0.2) is 0 Å². The molecule has 0 radical (unpaired) electrons. The van der Waals surface area contributed by atoms with Crippen molar-refractivity contribution >= 4 is 46.3 Å². The number of carbonyl (C=O) groups excluding carboxylic acids is 1. The van der Waals surface area contributed by atoms with Crippen LogP contribution >= 0.6 is 34.5 Å². The highest BCUT2D eigenvalue weighted by atomic mass is 35.5. The van der Waals surface area contributed by atoms with E-state index in [0.717, 1.165) is 5.56 Å². The van der Waals surface area contributed by atoms with Gasteiger partial charge in [-0.3, -0.25) is 4.79 Å². The second-order valence-corrected chi connectivity index (χ2v) is 6.15. The molecule has 7 heteroatoms. The number of aromatic nitrogens is 1. The van der Waals surface area contributed by atoms with Crippen LogP contribution in [0.5, 0.6) is 0 Å². The molecule has 0 aliphatic rings. The van der Waals surface area contributed by atoms with E-state index in [1.807, 2.05) is 24.4 Å². The summed E-state index contributed by atoms with van der Waals surface area (Å²) < 4.78 is 0. The first-order valence-corrected chi connectivity index (χ1v) is 7.44. The smallest absolute Gasteiger partial charge is 0.268 e. The summed E-state index contributed by atoms with van der Waals surface area (Å²) in [6, 6.07) is 3.31. The summed E-state index contributed by atoms with van der Waals surface area (Å²) in [5, 5.41) is 5.61. The van der Waals surface area contributed by atoms with Gasteiger partial charge in [0.2, 0.25) is 0 Å². The summed E-state index contributed by atoms with van der Waals surface area (Å²) in [6.45, 7) is 0.696. The van der Waals surface area contributed by atoms with Crippen molar-refractivity contribution in [2.75, 3.05) is 19.4 Å². The zero-order chi connectivity index (χ0) is 14.7. The molecular formula is C13H13Cl2N3OS. The number of amides is 1. The molecule has 0 fully saturated rings. The molecule has 0 aromatic carbocycles. The number of hydrogen-bond acceptors (Lipinski definition) is 4. The third-order valence-electron chi connectivity index (χ3n) is 2.46. The number of carbonyl (C=O) groups is 1. The zero-order valence-electron chi connectivity index (χ0n) is 11.0. The van der Waals surface area contributed by atoms with Crippen LogP contribution in [-0.2, 0) is 6.54 Å². The monoisotopic (exact) mass is 329 g/mol. The van der Waals surface area contributed by atoms with E-state index < -0.39 is 0 Å². The van der Waals surface area contributed by atoms with Gasteiger partial charge >= 0.3 is 0 Å². The minimum Gasteiger partial charge on any atom is -0.306 e. The summed E-state index contributed by atoms with van der Waals surface area (Å²) in [4.78, 5) is 18.6. The third kappa shape index (κ3) is 3.70. The molecule has 0 spiro atoms. The van der Waals surface area contributed by atoms with Crippen LogP contribution in [0.2, 0.25) is 10.0 Å². The van der Waals surface area contributed by atoms with E-state index in [1.165, 1.54) is 17.5 Å². The molecule has 4 nitrogen and oxygen atoms in total. The maximum absolute atomic E-state index is 12.1. The highest BCUT2D eigenvalue weighted by Gasteiger charge is 2.17. The molecular weight excluding hydrogens is 317 g/mol. The van der Waals surface area contributed by atoms with Gasteiger partial charge in [0, 0.05) is 12.7 Å². The molecule has 0 aliphatic heterocycles. The maximum Gasteiger partial charge on any atom is 0.268 e. The number of anilines is 1. The molecule has 1 N–H and O–H groups in total. The Balaban J connectivity index is 2.13. The molecule has 0 saturated heterocycles. The minimum absolute atomic E-state index is 0.264. The Kier molecular flexibility index (Phi) is 4.99. The molecule has 0 atom stereocenters. The van der Waals surface area contributed by atoms with Crippen molar-refractivity contribution in [3.05, 3.63) is 44.2 Å². The average Bonchev–Trinajstić information content (AvgIpc) is 2.73. The van der Waals surface area contributed by atoms with Crippen molar-refractivity contribution < 1.29 is 4.79 Å². The molecule has 2 rings (SSSR count). The normalized spacial score (nSPS) is 10.8. The first-order valence-electron chi connectivity index (χ1n) is 5.81. The van der Waals surface area contributed by atoms with Crippen LogP contribution in [0, 0.1) is 0 Å². The van der Waals surface area contributed by atoms with Crippen LogP contribution in [0.1, 0.15) is 15.2 Å². The molecule has 1 amide bonds. The minimum atomic E-state index is -0.264. The van der Waals surface area contributed by atoms with E-state index in [9.17, 15) is 4.79 Å². The number of nitrogens with one attached hydrogen (secondary N) is 1. The van der Waals surface area contributed by atoms with Gasteiger partial charge in [0.05, 0.1) is 10.0 Å². The summed E-state index contributed by atoms with van der Waals surface area (Å²) in [7, 11) is 3.90. The standard InChI is InChI=1S/C13H13Cl2N3OS/c1-18(2)6-8-7-20-12(11(8)15)13(19)17-10-4-3-9(14)5-16-10/h3-5,7H,6H2,1-2H3,(H,16,17,19). The van der Waals surface area contributed by atoms with Crippen LogP contribution in [0.15, 0.2) is 23.7 Å². The fourth-order valence-corrected chi connectivity index (χ4v) is 2.96. The number of halogens is 2. The highest BCUT2D eigenvalue weighted by Crippen LogP contribution is 2.29. The number of pyridine rings is 1. The molecule has 2 heterocycles. The Morgan fingerprint density at radius 2 is 2.15 bits per heavy atom. The Hall–Kier alpha value is -1.14. The van der Waals surface area contributed by atoms with Crippen molar-refractivity contribution in [1.29, 1.82) is 0 Å². The third-order valence-corrected chi connectivity index (χ3v) is 4.26. The van der Waals surface area contributed by atoms with Crippen molar-refractivity contribution in [2.24, 2.45) is 0 Å². The largest absolute Gasteiger partial charge is 0.306 e. The first-order chi connectivity index (χ1) is 9.47. The van der Waals surface area contributed by atoms with Gasteiger partial charge in [-0.2, -0.15) is 0 Å². The summed E-state index contributed by atoms with van der Waals surface area (Å²) in [6.07, 6.45) is 1.48. The second-order valence-electron chi connectivity index (χ2n) is 4.46. The van der Waals surface area contributed by atoms with Crippen molar-refractivity contribution in [3.8, 4) is 0 Å². The Morgan fingerprint density at radius 1 is 1.40 bits per heavy atom. The molecule has 2 aromatic rings. The van der Waals surface area contributed by atoms with Crippen LogP contribution < -0.4 is 5.32 Å². The Bertz CT molecular complexity index is 611. The van der Waals surface area contributed by atoms with Crippen LogP contribution in [-0.4, -0.2) is 29.9 Å². The van der Waals surface area contributed by atoms with Crippen molar-refractivity contribution in [3.63, 3.8) is 0 Å².